The molecule has 2 heterocycles. The molecule has 2 aromatic rings. The molecule has 1 aromatic heterocycles. The Morgan fingerprint density at radius 1 is 1.33 bits per heavy atom. The van der Waals surface area contributed by atoms with Crippen molar-refractivity contribution in [3.63, 3.8) is 0 Å². The lowest BCUT2D eigenvalue weighted by Crippen LogP contribution is -2.52. The Morgan fingerprint density at radius 3 is 2.54 bits per heavy atom. The molecule has 5 nitrogen and oxygen atoms in total. The molecule has 8 heteroatoms. The van der Waals surface area contributed by atoms with Gasteiger partial charge in [-0.3, -0.25) is 4.79 Å². The summed E-state index contributed by atoms with van der Waals surface area (Å²) in [6.07, 6.45) is -2.22. The molecule has 0 radical (unpaired) electrons. The number of nitrogens with zero attached hydrogens (tertiary/aromatic N) is 2. The number of halogens is 3. The van der Waals surface area contributed by atoms with Crippen molar-refractivity contribution in [2.45, 2.75) is 18.7 Å². The Balaban J connectivity index is 1.51. The summed E-state index contributed by atoms with van der Waals surface area (Å²) < 4.78 is 37.6. The molecule has 24 heavy (non-hydrogen) atoms. The van der Waals surface area contributed by atoms with Crippen LogP contribution < -0.4 is 0 Å². The third kappa shape index (κ3) is 3.43. The number of hydrogen-bond donors (Lipinski definition) is 2. The van der Waals surface area contributed by atoms with Gasteiger partial charge >= 0.3 is 6.18 Å². The number of alkyl halides is 3. The molecule has 1 aliphatic rings. The first-order valence-corrected chi connectivity index (χ1v) is 7.46. The lowest BCUT2D eigenvalue weighted by Gasteiger charge is -2.40. The molecule has 1 fully saturated rings. The van der Waals surface area contributed by atoms with E-state index in [9.17, 15) is 23.1 Å². The number of aromatic amines is 1. The molecule has 0 aliphatic carbocycles. The van der Waals surface area contributed by atoms with Crippen molar-refractivity contribution in [1.29, 1.82) is 0 Å². The van der Waals surface area contributed by atoms with Gasteiger partial charge in [0.05, 0.1) is 23.8 Å². The second-order valence-electron chi connectivity index (χ2n) is 5.92. The van der Waals surface area contributed by atoms with E-state index in [1.54, 1.807) is 0 Å². The normalized spacial score (nSPS) is 16.8. The lowest BCUT2D eigenvalue weighted by molar-refractivity contribution is -0.147. The van der Waals surface area contributed by atoms with Crippen LogP contribution in [0.25, 0.3) is 0 Å². The van der Waals surface area contributed by atoms with E-state index in [4.69, 9.17) is 0 Å². The minimum Gasteiger partial charge on any atom is -0.377 e. The molecule has 1 aromatic carbocycles. The van der Waals surface area contributed by atoms with Crippen molar-refractivity contribution in [2.75, 3.05) is 13.1 Å². The lowest BCUT2D eigenvalue weighted by atomic mass is 9.91. The van der Waals surface area contributed by atoms with Crippen LogP contribution in [-0.4, -0.2) is 39.0 Å². The maximum Gasteiger partial charge on any atom is 0.416 e. The average Bonchev–Trinajstić information content (AvgIpc) is 3.03. The standard InChI is InChI=1S/C16H16F3N3O2/c17-16(18,19)12-3-1-10(2-4-12)5-11-7-22(8-11)15(24)14(23)13-6-20-9-21-13/h1-4,6,9,11,14,23H,5,7-8H2,(H,20,21). The van der Waals surface area contributed by atoms with Gasteiger partial charge in [-0.15, -0.1) is 0 Å². The molecule has 1 aliphatic heterocycles. The van der Waals surface area contributed by atoms with Crippen molar-refractivity contribution in [1.82, 2.24) is 14.9 Å². The van der Waals surface area contributed by atoms with E-state index in [1.165, 1.54) is 29.6 Å². The number of rotatable bonds is 4. The smallest absolute Gasteiger partial charge is 0.377 e. The van der Waals surface area contributed by atoms with Crippen LogP contribution >= 0.6 is 0 Å². The summed E-state index contributed by atoms with van der Waals surface area (Å²) in [4.78, 5) is 20.1. The monoisotopic (exact) mass is 339 g/mol. The molecular formula is C16H16F3N3O2. The second-order valence-corrected chi connectivity index (χ2v) is 5.92. The fraction of sp³-hybridized carbons (Fsp3) is 0.375. The van der Waals surface area contributed by atoms with E-state index < -0.39 is 23.8 Å². The van der Waals surface area contributed by atoms with Gasteiger partial charge in [-0.25, -0.2) is 4.98 Å². The number of benzene rings is 1. The van der Waals surface area contributed by atoms with Crippen molar-refractivity contribution >= 4 is 5.91 Å². The van der Waals surface area contributed by atoms with E-state index >= 15 is 0 Å². The molecule has 1 atom stereocenters. The molecule has 2 N–H and O–H groups in total. The Labute approximate surface area is 136 Å². The maximum atomic E-state index is 12.5. The Morgan fingerprint density at radius 2 is 2.00 bits per heavy atom. The van der Waals surface area contributed by atoms with Gasteiger partial charge in [0.25, 0.3) is 5.91 Å². The summed E-state index contributed by atoms with van der Waals surface area (Å²) in [6.45, 7) is 0.954. The maximum absolute atomic E-state index is 12.5. The van der Waals surface area contributed by atoms with E-state index in [0.29, 0.717) is 25.2 Å². The topological polar surface area (TPSA) is 69.2 Å². The number of nitrogens with one attached hydrogen (secondary N) is 1. The third-order valence-electron chi connectivity index (χ3n) is 4.12. The SMILES string of the molecule is O=C(C(O)c1cnc[nH]1)N1CC(Cc2ccc(C(F)(F)F)cc2)C1. The van der Waals surface area contributed by atoms with Crippen LogP contribution in [0.2, 0.25) is 0 Å². The zero-order valence-electron chi connectivity index (χ0n) is 12.6. The van der Waals surface area contributed by atoms with Crippen molar-refractivity contribution in [2.24, 2.45) is 5.92 Å². The van der Waals surface area contributed by atoms with Gasteiger partial charge in [0.1, 0.15) is 0 Å². The van der Waals surface area contributed by atoms with Gasteiger partial charge in [0.15, 0.2) is 6.10 Å². The van der Waals surface area contributed by atoms with Crippen LogP contribution in [0, 0.1) is 5.92 Å². The highest BCUT2D eigenvalue weighted by atomic mass is 19.4. The zero-order valence-corrected chi connectivity index (χ0v) is 12.6. The molecule has 128 valence electrons. The highest BCUT2D eigenvalue weighted by Crippen LogP contribution is 2.30. The Kier molecular flexibility index (Phi) is 4.31. The quantitative estimate of drug-likeness (QED) is 0.897. The minimum absolute atomic E-state index is 0.180. The number of imidazole rings is 1. The largest absolute Gasteiger partial charge is 0.416 e. The number of carbonyl (C=O) groups is 1. The second kappa shape index (κ2) is 6.27. The first-order valence-electron chi connectivity index (χ1n) is 7.46. The van der Waals surface area contributed by atoms with Gasteiger partial charge in [-0.1, -0.05) is 12.1 Å². The van der Waals surface area contributed by atoms with Crippen LogP contribution in [0.4, 0.5) is 13.2 Å². The zero-order chi connectivity index (χ0) is 17.3. The first-order chi connectivity index (χ1) is 11.3. The number of likely N-dealkylation sites (tertiary alicyclic amines) is 1. The van der Waals surface area contributed by atoms with E-state index in [2.05, 4.69) is 9.97 Å². The molecule has 0 spiro atoms. The van der Waals surface area contributed by atoms with Gasteiger partial charge < -0.3 is 15.0 Å². The fourth-order valence-corrected chi connectivity index (χ4v) is 2.76. The van der Waals surface area contributed by atoms with Gasteiger partial charge in [0.2, 0.25) is 0 Å². The van der Waals surface area contributed by atoms with Gasteiger partial charge in [-0.2, -0.15) is 13.2 Å². The summed E-state index contributed by atoms with van der Waals surface area (Å²) >= 11 is 0. The first kappa shape index (κ1) is 16.5. The Hall–Kier alpha value is -2.35. The van der Waals surface area contributed by atoms with Crippen molar-refractivity contribution < 1.29 is 23.1 Å². The highest BCUT2D eigenvalue weighted by molar-refractivity contribution is 5.82. The molecule has 0 saturated carbocycles. The van der Waals surface area contributed by atoms with Gasteiger partial charge in [-0.05, 0) is 30.0 Å². The highest BCUT2D eigenvalue weighted by Gasteiger charge is 2.35. The minimum atomic E-state index is -4.33. The molecule has 1 saturated heterocycles. The van der Waals surface area contributed by atoms with Crippen molar-refractivity contribution in [3.8, 4) is 0 Å². The molecular weight excluding hydrogens is 323 g/mol. The summed E-state index contributed by atoms with van der Waals surface area (Å²) in [5, 5.41) is 9.93. The number of aliphatic hydroxyl groups is 1. The summed E-state index contributed by atoms with van der Waals surface area (Å²) in [5.74, 6) is -0.220. The number of aliphatic hydroxyl groups excluding tert-OH is 1. The van der Waals surface area contributed by atoms with E-state index in [1.807, 2.05) is 0 Å². The average molecular weight is 339 g/mol. The van der Waals surface area contributed by atoms with Crippen LogP contribution in [0.15, 0.2) is 36.8 Å². The molecule has 1 unspecified atom stereocenters. The summed E-state index contributed by atoms with van der Waals surface area (Å²) in [5.41, 5.74) is 0.472. The fourth-order valence-electron chi connectivity index (χ4n) is 2.76. The van der Waals surface area contributed by atoms with Crippen LogP contribution in [-0.2, 0) is 17.4 Å². The summed E-state index contributed by atoms with van der Waals surface area (Å²) in [6, 6.07) is 5.07. The number of hydrogen-bond acceptors (Lipinski definition) is 3. The number of H-pyrrole nitrogens is 1. The van der Waals surface area contributed by atoms with E-state index in [0.717, 1.165) is 17.7 Å². The number of aromatic nitrogens is 2. The summed E-state index contributed by atoms with van der Waals surface area (Å²) in [7, 11) is 0. The van der Waals surface area contributed by atoms with Crippen molar-refractivity contribution in [3.05, 3.63) is 53.6 Å². The number of carbonyl (C=O) groups excluding carboxylic acids is 1. The van der Waals surface area contributed by atoms with E-state index in [-0.39, 0.29) is 5.92 Å². The van der Waals surface area contributed by atoms with Crippen LogP contribution in [0.3, 0.4) is 0 Å². The van der Waals surface area contributed by atoms with Crippen LogP contribution in [0.5, 0.6) is 0 Å². The molecule has 0 bridgehead atoms. The predicted molar refractivity (Wildman–Crippen MR) is 78.8 cm³/mol. The predicted octanol–water partition coefficient (Wildman–Crippen LogP) is 2.16. The third-order valence-corrected chi connectivity index (χ3v) is 4.12. The van der Waals surface area contributed by atoms with Crippen LogP contribution in [0.1, 0.15) is 22.9 Å². The van der Waals surface area contributed by atoms with Gasteiger partial charge in [0, 0.05) is 13.1 Å². The molecule has 3 rings (SSSR count). The number of amides is 1. The molecule has 1 amide bonds. The Bertz CT molecular complexity index is 692.